The van der Waals surface area contributed by atoms with Crippen molar-refractivity contribution in [1.29, 1.82) is 0 Å². The highest BCUT2D eigenvalue weighted by Crippen LogP contribution is 2.44. The van der Waals surface area contributed by atoms with Crippen LogP contribution in [-0.4, -0.2) is 47.6 Å². The number of aromatic hydroxyl groups is 1. The predicted molar refractivity (Wildman–Crippen MR) is 79.5 cm³/mol. The largest absolute Gasteiger partial charge is 0.507 e. The van der Waals surface area contributed by atoms with E-state index in [9.17, 15) is 44.7 Å². The third-order valence-corrected chi connectivity index (χ3v) is 4.37. The minimum Gasteiger partial charge on any atom is -0.507 e. The Balaban J connectivity index is 3.53. The van der Waals surface area contributed by atoms with Gasteiger partial charge in [-0.25, -0.2) is 0 Å². The van der Waals surface area contributed by atoms with Crippen molar-refractivity contribution in [2.24, 2.45) is 0 Å². The molecule has 0 spiro atoms. The van der Waals surface area contributed by atoms with Gasteiger partial charge >= 0.3 is 12.4 Å². The maximum atomic E-state index is 13.1. The summed E-state index contributed by atoms with van der Waals surface area (Å²) in [6, 6.07) is 2.85. The van der Waals surface area contributed by atoms with Crippen LogP contribution in [0.4, 0.5) is 26.3 Å². The van der Waals surface area contributed by atoms with Crippen molar-refractivity contribution >= 4 is 38.6 Å². The van der Waals surface area contributed by atoms with E-state index in [2.05, 4.69) is 0 Å². The zero-order valence-electron chi connectivity index (χ0n) is 11.6. The van der Waals surface area contributed by atoms with Crippen molar-refractivity contribution in [2.75, 3.05) is 5.75 Å². The first-order valence-corrected chi connectivity index (χ1v) is 8.58. The van der Waals surface area contributed by atoms with Crippen molar-refractivity contribution in [1.82, 2.24) is 5.32 Å². The average Bonchev–Trinajstić information content (AvgIpc) is 2.36. The number of nitrogens with one attached hydrogen (secondary N) is 1. The van der Waals surface area contributed by atoms with Gasteiger partial charge < -0.3 is 10.4 Å². The number of phenols is 1. The summed E-state index contributed by atoms with van der Waals surface area (Å²) in [4.78, 5) is 11.9. The zero-order chi connectivity index (χ0) is 19.8. The first kappa shape index (κ1) is 21.8. The van der Waals surface area contributed by atoms with E-state index in [0.717, 1.165) is 12.1 Å². The smallest absolute Gasteiger partial charge is 0.421 e. The molecule has 1 amide bonds. The van der Waals surface area contributed by atoms with Gasteiger partial charge in [-0.15, -0.1) is 0 Å². The summed E-state index contributed by atoms with van der Waals surface area (Å²) in [6.07, 6.45) is -12.7. The Labute approximate surface area is 150 Å². The number of alkyl halides is 6. The maximum Gasteiger partial charge on any atom is 0.421 e. The van der Waals surface area contributed by atoms with E-state index in [-0.39, 0.29) is 3.57 Å². The van der Waals surface area contributed by atoms with Gasteiger partial charge in [0.05, 0.1) is 5.56 Å². The van der Waals surface area contributed by atoms with Gasteiger partial charge in [0.25, 0.3) is 16.0 Å². The fourth-order valence-corrected chi connectivity index (χ4v) is 3.16. The van der Waals surface area contributed by atoms with Gasteiger partial charge in [-0.2, -0.15) is 34.8 Å². The van der Waals surface area contributed by atoms with Crippen molar-refractivity contribution in [3.05, 3.63) is 27.3 Å². The summed E-state index contributed by atoms with van der Waals surface area (Å²) >= 11 is 1.58. The first-order chi connectivity index (χ1) is 11.0. The van der Waals surface area contributed by atoms with E-state index in [1.807, 2.05) is 0 Å². The Hall–Kier alpha value is -1.29. The van der Waals surface area contributed by atoms with E-state index in [4.69, 9.17) is 4.55 Å². The van der Waals surface area contributed by atoms with Gasteiger partial charge in [-0.3, -0.25) is 9.35 Å². The molecular formula is C11H8F6INO5S. The molecule has 0 saturated heterocycles. The second kappa shape index (κ2) is 6.79. The van der Waals surface area contributed by atoms with Gasteiger partial charge in [0.1, 0.15) is 11.5 Å². The van der Waals surface area contributed by atoms with Crippen LogP contribution in [0, 0.1) is 3.57 Å². The average molecular weight is 507 g/mol. The van der Waals surface area contributed by atoms with Gasteiger partial charge in [0, 0.05) is 3.57 Å². The van der Waals surface area contributed by atoms with E-state index in [1.165, 1.54) is 6.07 Å². The number of phenolic OH excluding ortho intramolecular Hbond substituents is 1. The number of benzene rings is 1. The molecule has 0 saturated carbocycles. The van der Waals surface area contributed by atoms with Crippen molar-refractivity contribution in [3.8, 4) is 5.75 Å². The lowest BCUT2D eigenvalue weighted by atomic mass is 9.99. The molecule has 0 aliphatic carbocycles. The highest BCUT2D eigenvalue weighted by molar-refractivity contribution is 14.1. The molecule has 0 aromatic heterocycles. The van der Waals surface area contributed by atoms with Crippen LogP contribution < -0.4 is 5.32 Å². The molecule has 0 aliphatic rings. The Morgan fingerprint density at radius 2 is 1.60 bits per heavy atom. The third kappa shape index (κ3) is 4.87. The van der Waals surface area contributed by atoms with E-state index in [1.54, 1.807) is 22.6 Å². The predicted octanol–water partition coefficient (Wildman–Crippen LogP) is 2.48. The summed E-state index contributed by atoms with van der Waals surface area (Å²) in [5.74, 6) is -5.85. The van der Waals surface area contributed by atoms with E-state index < -0.39 is 51.0 Å². The number of carbonyl (C=O) groups excluding carboxylic acids is 1. The van der Waals surface area contributed by atoms with Crippen LogP contribution in [0.2, 0.25) is 0 Å². The molecule has 0 bridgehead atoms. The molecule has 1 aromatic carbocycles. The molecule has 25 heavy (non-hydrogen) atoms. The number of halogens is 7. The summed E-state index contributed by atoms with van der Waals surface area (Å²) in [5.41, 5.74) is -6.22. The van der Waals surface area contributed by atoms with Crippen LogP contribution in [0.3, 0.4) is 0 Å². The quantitative estimate of drug-likeness (QED) is 0.330. The highest BCUT2D eigenvalue weighted by Gasteiger charge is 2.73. The number of carbonyl (C=O) groups is 1. The lowest BCUT2D eigenvalue weighted by molar-refractivity contribution is -0.296. The fourth-order valence-electron chi connectivity index (χ4n) is 1.73. The van der Waals surface area contributed by atoms with Crippen molar-refractivity contribution in [2.45, 2.75) is 17.9 Å². The number of rotatable bonds is 4. The van der Waals surface area contributed by atoms with Crippen LogP contribution in [-0.2, 0) is 10.1 Å². The zero-order valence-corrected chi connectivity index (χ0v) is 14.6. The van der Waals surface area contributed by atoms with Gasteiger partial charge in [-0.1, -0.05) is 0 Å². The second-order valence-corrected chi connectivity index (χ2v) is 7.44. The Morgan fingerprint density at radius 1 is 1.12 bits per heavy atom. The molecule has 14 heteroatoms. The Kier molecular flexibility index (Phi) is 5.91. The molecule has 1 rings (SSSR count). The van der Waals surface area contributed by atoms with Gasteiger partial charge in [0.2, 0.25) is 5.54 Å². The van der Waals surface area contributed by atoms with Crippen LogP contribution in [0.1, 0.15) is 10.4 Å². The monoisotopic (exact) mass is 507 g/mol. The normalized spacial score (nSPS) is 13.6. The Morgan fingerprint density at radius 3 is 2.00 bits per heavy atom. The summed E-state index contributed by atoms with van der Waals surface area (Å²) < 4.78 is 109. The minimum atomic E-state index is -6.33. The topological polar surface area (TPSA) is 104 Å². The van der Waals surface area contributed by atoms with Crippen LogP contribution >= 0.6 is 22.6 Å². The standard InChI is InChI=1S/C11H8F6INO5S/c12-10(13,14)9(11(15,16)17,4-25(22,23)24)19-8(21)6-3-5(18)1-2-7(6)20/h1-3,20H,4H2,(H,19,21)(H,22,23,24). The second-order valence-electron chi connectivity index (χ2n) is 4.74. The molecular weight excluding hydrogens is 499 g/mol. The molecule has 3 N–H and O–H groups in total. The number of amides is 1. The summed E-state index contributed by atoms with van der Waals surface area (Å²) in [7, 11) is -5.81. The first-order valence-electron chi connectivity index (χ1n) is 5.90. The molecule has 0 atom stereocenters. The SMILES string of the molecule is O=C(NC(CS(=O)(=O)O)(C(F)(F)F)C(F)(F)F)c1cc(I)ccc1O. The summed E-state index contributed by atoms with van der Waals surface area (Å²) in [5, 5.41) is 10.0. The molecule has 0 heterocycles. The van der Waals surface area contributed by atoms with Gasteiger partial charge in [-0.05, 0) is 40.8 Å². The van der Waals surface area contributed by atoms with E-state index >= 15 is 0 Å². The number of hydrogen-bond donors (Lipinski definition) is 3. The summed E-state index contributed by atoms with van der Waals surface area (Å²) in [6.45, 7) is 0. The molecule has 0 radical (unpaired) electrons. The Bertz CT molecular complexity index is 762. The van der Waals surface area contributed by atoms with Crippen LogP contribution in [0.15, 0.2) is 18.2 Å². The van der Waals surface area contributed by atoms with Crippen molar-refractivity contribution in [3.63, 3.8) is 0 Å². The molecule has 1 aromatic rings. The van der Waals surface area contributed by atoms with Crippen LogP contribution in [0.25, 0.3) is 0 Å². The lowest BCUT2D eigenvalue weighted by Gasteiger charge is -2.36. The van der Waals surface area contributed by atoms with E-state index in [0.29, 0.717) is 5.32 Å². The van der Waals surface area contributed by atoms with Crippen molar-refractivity contribution < 1.29 is 49.2 Å². The molecule has 0 unspecified atom stereocenters. The molecule has 142 valence electrons. The maximum absolute atomic E-state index is 13.1. The third-order valence-electron chi connectivity index (χ3n) is 2.90. The van der Waals surface area contributed by atoms with Crippen LogP contribution in [0.5, 0.6) is 5.75 Å². The molecule has 0 aliphatic heterocycles. The minimum absolute atomic E-state index is 0.194. The lowest BCUT2D eigenvalue weighted by Crippen LogP contribution is -2.70. The molecule has 0 fully saturated rings. The highest BCUT2D eigenvalue weighted by atomic mass is 127. The fraction of sp³-hybridized carbons (Fsp3) is 0.364. The van der Waals surface area contributed by atoms with Gasteiger partial charge in [0.15, 0.2) is 0 Å². The molecule has 6 nitrogen and oxygen atoms in total. The number of hydrogen-bond acceptors (Lipinski definition) is 4.